The van der Waals surface area contributed by atoms with Crippen molar-refractivity contribution in [1.29, 1.82) is 0 Å². The summed E-state index contributed by atoms with van der Waals surface area (Å²) in [6.45, 7) is 2.04. The van der Waals surface area contributed by atoms with Crippen molar-refractivity contribution in [3.63, 3.8) is 0 Å². The molecule has 1 saturated heterocycles. The molecule has 0 radical (unpaired) electrons. The quantitative estimate of drug-likeness (QED) is 0.823. The molecule has 1 spiro atoms. The van der Waals surface area contributed by atoms with Gasteiger partial charge < -0.3 is 18.6 Å². The Morgan fingerprint density at radius 2 is 2.08 bits per heavy atom. The summed E-state index contributed by atoms with van der Waals surface area (Å²) in [5, 5.41) is 0.591. The average molecular weight is 362 g/mol. The number of oxazole rings is 1. The van der Waals surface area contributed by atoms with E-state index in [1.54, 1.807) is 0 Å². The zero-order chi connectivity index (χ0) is 16.9. The number of halogens is 1. The molecular weight excluding hydrogens is 342 g/mol. The molecule has 2 fully saturated rings. The van der Waals surface area contributed by atoms with Crippen LogP contribution in [0.5, 0.6) is 5.75 Å². The Bertz CT molecular complexity index is 793. The van der Waals surface area contributed by atoms with E-state index in [9.17, 15) is 0 Å². The van der Waals surface area contributed by atoms with E-state index in [0.29, 0.717) is 36.5 Å². The first-order valence-electron chi connectivity index (χ1n) is 8.90. The molecule has 1 aromatic heterocycles. The highest BCUT2D eigenvalue weighted by atomic mass is 35.5. The van der Waals surface area contributed by atoms with Gasteiger partial charge in [-0.2, -0.15) is 0 Å². The van der Waals surface area contributed by atoms with Gasteiger partial charge in [0.25, 0.3) is 0 Å². The first kappa shape index (κ1) is 15.7. The summed E-state index contributed by atoms with van der Waals surface area (Å²) in [5.74, 6) is 2.35. The van der Waals surface area contributed by atoms with Gasteiger partial charge in [0.1, 0.15) is 11.5 Å². The summed E-state index contributed by atoms with van der Waals surface area (Å²) >= 11 is 6.37. The molecule has 2 aromatic rings. The molecule has 1 saturated carbocycles. The normalized spacial score (nSPS) is 21.5. The third-order valence-electron chi connectivity index (χ3n) is 5.11. The molecule has 132 valence electrons. The van der Waals surface area contributed by atoms with Gasteiger partial charge in [0.15, 0.2) is 5.79 Å². The minimum Gasteiger partial charge on any atom is -0.492 e. The second-order valence-electron chi connectivity index (χ2n) is 7.07. The van der Waals surface area contributed by atoms with Gasteiger partial charge in [0.2, 0.25) is 5.89 Å². The second kappa shape index (κ2) is 6.01. The summed E-state index contributed by atoms with van der Waals surface area (Å²) in [5.41, 5.74) is 1.85. The van der Waals surface area contributed by atoms with Crippen LogP contribution in [0.2, 0.25) is 5.02 Å². The van der Waals surface area contributed by atoms with E-state index in [0.717, 1.165) is 42.2 Å². The van der Waals surface area contributed by atoms with E-state index in [2.05, 4.69) is 4.98 Å². The highest BCUT2D eigenvalue weighted by Crippen LogP contribution is 2.38. The number of benzene rings is 1. The Hall–Kier alpha value is -1.56. The summed E-state index contributed by atoms with van der Waals surface area (Å²) in [6.07, 6.45) is 4.75. The fourth-order valence-corrected chi connectivity index (χ4v) is 3.70. The number of hydrogen-bond acceptors (Lipinski definition) is 5. The van der Waals surface area contributed by atoms with Crippen molar-refractivity contribution in [1.82, 2.24) is 4.98 Å². The van der Waals surface area contributed by atoms with Crippen LogP contribution in [-0.4, -0.2) is 30.6 Å². The molecule has 25 heavy (non-hydrogen) atoms. The van der Waals surface area contributed by atoms with Gasteiger partial charge in [0, 0.05) is 12.0 Å². The molecular formula is C19H20ClNO4. The third-order valence-corrected chi connectivity index (χ3v) is 5.41. The number of fused-ring (bicyclic) bond motifs is 1. The Kier molecular flexibility index (Phi) is 3.77. The molecule has 0 atom stereocenters. The van der Waals surface area contributed by atoms with Crippen molar-refractivity contribution in [3.05, 3.63) is 34.7 Å². The third kappa shape index (κ3) is 3.05. The Balaban J connectivity index is 1.37. The maximum absolute atomic E-state index is 6.37. The monoisotopic (exact) mass is 361 g/mol. The molecule has 2 aliphatic carbocycles. The lowest BCUT2D eigenvalue weighted by Gasteiger charge is -2.29. The van der Waals surface area contributed by atoms with Crippen molar-refractivity contribution in [3.8, 4) is 17.2 Å². The Morgan fingerprint density at radius 1 is 1.24 bits per heavy atom. The SMILES string of the molecule is Clc1cc(-c2nc3c(o2)CC2(CC3)OCCO2)ccc1OCC1CC1. The summed E-state index contributed by atoms with van der Waals surface area (Å²) in [4.78, 5) is 4.65. The van der Waals surface area contributed by atoms with Gasteiger partial charge in [-0.05, 0) is 43.4 Å². The number of nitrogens with zero attached hydrogens (tertiary/aromatic N) is 1. The van der Waals surface area contributed by atoms with E-state index in [1.807, 2.05) is 18.2 Å². The van der Waals surface area contributed by atoms with E-state index in [1.165, 1.54) is 12.8 Å². The lowest BCUT2D eigenvalue weighted by Crippen LogP contribution is -2.36. The minimum atomic E-state index is -0.512. The van der Waals surface area contributed by atoms with Gasteiger partial charge >= 0.3 is 0 Å². The van der Waals surface area contributed by atoms with Crippen molar-refractivity contribution >= 4 is 11.6 Å². The van der Waals surface area contributed by atoms with E-state index in [-0.39, 0.29) is 0 Å². The molecule has 6 heteroatoms. The van der Waals surface area contributed by atoms with E-state index in [4.69, 9.17) is 30.2 Å². The molecule has 1 aliphatic heterocycles. The Labute approximate surface area is 151 Å². The largest absolute Gasteiger partial charge is 0.492 e. The number of aryl methyl sites for hydroxylation is 1. The van der Waals surface area contributed by atoms with Crippen LogP contribution in [0.1, 0.15) is 30.7 Å². The van der Waals surface area contributed by atoms with Gasteiger partial charge in [-0.15, -0.1) is 0 Å². The summed E-state index contributed by atoms with van der Waals surface area (Å²) in [6, 6.07) is 5.71. The second-order valence-corrected chi connectivity index (χ2v) is 7.48. The molecule has 1 aromatic carbocycles. The summed E-state index contributed by atoms with van der Waals surface area (Å²) < 4.78 is 23.4. The molecule has 3 aliphatic rings. The topological polar surface area (TPSA) is 53.7 Å². The van der Waals surface area contributed by atoms with Crippen LogP contribution in [0.15, 0.2) is 22.6 Å². The van der Waals surface area contributed by atoms with Crippen LogP contribution < -0.4 is 4.74 Å². The van der Waals surface area contributed by atoms with Crippen molar-refractivity contribution in [2.24, 2.45) is 5.92 Å². The van der Waals surface area contributed by atoms with E-state index >= 15 is 0 Å². The first-order valence-corrected chi connectivity index (χ1v) is 9.28. The molecule has 0 unspecified atom stereocenters. The zero-order valence-corrected chi connectivity index (χ0v) is 14.7. The molecule has 5 nitrogen and oxygen atoms in total. The lowest BCUT2D eigenvalue weighted by atomic mass is 9.95. The smallest absolute Gasteiger partial charge is 0.226 e. The molecule has 0 amide bonds. The van der Waals surface area contributed by atoms with Crippen molar-refractivity contribution < 1.29 is 18.6 Å². The maximum atomic E-state index is 6.37. The zero-order valence-electron chi connectivity index (χ0n) is 13.9. The predicted molar refractivity (Wildman–Crippen MR) is 91.8 cm³/mol. The van der Waals surface area contributed by atoms with Crippen LogP contribution in [0.4, 0.5) is 0 Å². The average Bonchev–Trinajstić information content (AvgIpc) is 3.18. The Morgan fingerprint density at radius 3 is 2.84 bits per heavy atom. The standard InChI is InChI=1S/C19H20ClNO4/c20-14-9-13(3-4-16(14)22-11-12-1-2-12)18-21-15-5-6-19(10-17(15)25-18)23-7-8-24-19/h3-4,9,12H,1-2,5-8,10-11H2. The minimum absolute atomic E-state index is 0.512. The van der Waals surface area contributed by atoms with Crippen LogP contribution in [0.25, 0.3) is 11.5 Å². The van der Waals surface area contributed by atoms with Crippen LogP contribution in [-0.2, 0) is 22.3 Å². The molecule has 0 bridgehead atoms. The highest BCUT2D eigenvalue weighted by molar-refractivity contribution is 6.32. The molecule has 2 heterocycles. The van der Waals surface area contributed by atoms with Crippen LogP contribution in [0, 0.1) is 5.92 Å². The fourth-order valence-electron chi connectivity index (χ4n) is 3.47. The number of ether oxygens (including phenoxy) is 3. The first-order chi connectivity index (χ1) is 12.2. The summed E-state index contributed by atoms with van der Waals surface area (Å²) in [7, 11) is 0. The number of rotatable bonds is 4. The highest BCUT2D eigenvalue weighted by Gasteiger charge is 2.42. The lowest BCUT2D eigenvalue weighted by molar-refractivity contribution is -0.166. The number of hydrogen-bond donors (Lipinski definition) is 0. The van der Waals surface area contributed by atoms with Crippen molar-refractivity contribution in [2.75, 3.05) is 19.8 Å². The number of aromatic nitrogens is 1. The van der Waals surface area contributed by atoms with Crippen LogP contribution in [0.3, 0.4) is 0 Å². The maximum Gasteiger partial charge on any atom is 0.226 e. The van der Waals surface area contributed by atoms with Gasteiger partial charge in [-0.25, -0.2) is 4.98 Å². The van der Waals surface area contributed by atoms with Gasteiger partial charge in [-0.3, -0.25) is 0 Å². The predicted octanol–water partition coefficient (Wildman–Crippen LogP) is 4.02. The van der Waals surface area contributed by atoms with Crippen molar-refractivity contribution in [2.45, 2.75) is 37.9 Å². The van der Waals surface area contributed by atoms with Crippen LogP contribution >= 0.6 is 11.6 Å². The van der Waals surface area contributed by atoms with E-state index < -0.39 is 5.79 Å². The van der Waals surface area contributed by atoms with Gasteiger partial charge in [-0.1, -0.05) is 11.6 Å². The fraction of sp³-hybridized carbons (Fsp3) is 0.526. The molecule has 5 rings (SSSR count). The van der Waals surface area contributed by atoms with Gasteiger partial charge in [0.05, 0.1) is 37.0 Å². The molecule has 0 N–H and O–H groups in total.